The summed E-state index contributed by atoms with van der Waals surface area (Å²) in [7, 11) is 0. The second-order valence-corrected chi connectivity index (χ2v) is 5.88. The van der Waals surface area contributed by atoms with Gasteiger partial charge in [0.2, 0.25) is 0 Å². The van der Waals surface area contributed by atoms with Crippen molar-refractivity contribution >= 4 is 6.09 Å². The number of nitrogens with zero attached hydrogens (tertiary/aromatic N) is 1. The van der Waals surface area contributed by atoms with Crippen LogP contribution in [-0.2, 0) is 4.74 Å². The quantitative estimate of drug-likeness (QED) is 0.732. The summed E-state index contributed by atoms with van der Waals surface area (Å²) in [6.07, 6.45) is -5.20. The molecule has 0 bridgehead atoms. The standard InChI is InChI=1S/C11H19F3N2O2/c1-9(2,3)18-8(17)16-5-7(15)10(4,6-16)11(12,13)14/h7H,5-6,15H2,1-4H3. The molecular formula is C11H19F3N2O2. The van der Waals surface area contributed by atoms with Crippen LogP contribution in [0.1, 0.15) is 27.7 Å². The van der Waals surface area contributed by atoms with Crippen LogP contribution < -0.4 is 5.73 Å². The number of amides is 1. The van der Waals surface area contributed by atoms with Crippen LogP contribution in [0.25, 0.3) is 0 Å². The van der Waals surface area contributed by atoms with E-state index in [0.717, 1.165) is 11.8 Å². The number of rotatable bonds is 0. The molecule has 1 amide bonds. The minimum Gasteiger partial charge on any atom is -0.444 e. The zero-order valence-electron chi connectivity index (χ0n) is 11.0. The summed E-state index contributed by atoms with van der Waals surface area (Å²) < 4.78 is 43.8. The van der Waals surface area contributed by atoms with Crippen molar-refractivity contribution in [3.63, 3.8) is 0 Å². The van der Waals surface area contributed by atoms with Crippen molar-refractivity contribution in [2.75, 3.05) is 13.1 Å². The fourth-order valence-corrected chi connectivity index (χ4v) is 1.78. The molecule has 1 heterocycles. The number of carbonyl (C=O) groups excluding carboxylic acids is 1. The highest BCUT2D eigenvalue weighted by atomic mass is 19.4. The Labute approximate surface area is 104 Å². The maximum absolute atomic E-state index is 12.9. The summed E-state index contributed by atoms with van der Waals surface area (Å²) in [5.74, 6) is 0. The molecule has 0 radical (unpaired) electrons. The van der Waals surface area contributed by atoms with Crippen molar-refractivity contribution in [1.82, 2.24) is 4.90 Å². The van der Waals surface area contributed by atoms with Gasteiger partial charge >= 0.3 is 12.3 Å². The molecule has 0 aromatic rings. The van der Waals surface area contributed by atoms with Crippen molar-refractivity contribution in [3.05, 3.63) is 0 Å². The number of ether oxygens (including phenoxy) is 1. The molecule has 1 saturated heterocycles. The van der Waals surface area contributed by atoms with Gasteiger partial charge in [0.1, 0.15) is 5.60 Å². The predicted octanol–water partition coefficient (Wildman–Crippen LogP) is 2.13. The summed E-state index contributed by atoms with van der Waals surface area (Å²) in [5.41, 5.74) is 2.70. The summed E-state index contributed by atoms with van der Waals surface area (Å²) in [6, 6.07) is -1.13. The van der Waals surface area contributed by atoms with E-state index in [1.54, 1.807) is 20.8 Å². The average Bonchev–Trinajstić information content (AvgIpc) is 2.40. The number of hydrogen-bond donors (Lipinski definition) is 1. The Balaban J connectivity index is 2.79. The number of likely N-dealkylation sites (tertiary alicyclic amines) is 1. The molecule has 1 aliphatic heterocycles. The number of hydrogen-bond acceptors (Lipinski definition) is 3. The van der Waals surface area contributed by atoms with E-state index in [-0.39, 0.29) is 6.54 Å². The van der Waals surface area contributed by atoms with E-state index in [1.807, 2.05) is 0 Å². The van der Waals surface area contributed by atoms with Crippen molar-refractivity contribution in [2.45, 2.75) is 45.5 Å². The highest BCUT2D eigenvalue weighted by molar-refractivity contribution is 5.68. The normalized spacial score (nSPS) is 29.6. The van der Waals surface area contributed by atoms with E-state index in [1.165, 1.54) is 0 Å². The van der Waals surface area contributed by atoms with Crippen LogP contribution in [0.2, 0.25) is 0 Å². The number of nitrogens with two attached hydrogens (primary N) is 1. The van der Waals surface area contributed by atoms with Crippen LogP contribution in [0.3, 0.4) is 0 Å². The van der Waals surface area contributed by atoms with Crippen molar-refractivity contribution < 1.29 is 22.7 Å². The lowest BCUT2D eigenvalue weighted by Crippen LogP contribution is -2.49. The first-order valence-electron chi connectivity index (χ1n) is 5.67. The lowest BCUT2D eigenvalue weighted by atomic mass is 9.85. The van der Waals surface area contributed by atoms with Gasteiger partial charge in [0, 0.05) is 19.1 Å². The molecule has 4 nitrogen and oxygen atoms in total. The Kier molecular flexibility index (Phi) is 3.60. The van der Waals surface area contributed by atoms with Crippen LogP contribution in [0.4, 0.5) is 18.0 Å². The highest BCUT2D eigenvalue weighted by Gasteiger charge is 2.60. The van der Waals surface area contributed by atoms with Gasteiger partial charge in [0.15, 0.2) is 0 Å². The van der Waals surface area contributed by atoms with Gasteiger partial charge in [0.25, 0.3) is 0 Å². The molecule has 2 unspecified atom stereocenters. The topological polar surface area (TPSA) is 55.6 Å². The fraction of sp³-hybridized carbons (Fsp3) is 0.909. The van der Waals surface area contributed by atoms with Gasteiger partial charge < -0.3 is 15.4 Å². The molecule has 2 atom stereocenters. The van der Waals surface area contributed by atoms with Gasteiger partial charge in [-0.3, -0.25) is 0 Å². The molecule has 18 heavy (non-hydrogen) atoms. The van der Waals surface area contributed by atoms with E-state index in [0.29, 0.717) is 0 Å². The maximum Gasteiger partial charge on any atom is 0.410 e. The second kappa shape index (κ2) is 4.29. The number of halogens is 3. The van der Waals surface area contributed by atoms with Crippen LogP contribution in [0.15, 0.2) is 0 Å². The lowest BCUT2D eigenvalue weighted by molar-refractivity contribution is -0.216. The Hall–Kier alpha value is -0.980. The Morgan fingerprint density at radius 2 is 1.89 bits per heavy atom. The van der Waals surface area contributed by atoms with Crippen molar-refractivity contribution in [3.8, 4) is 0 Å². The molecular weight excluding hydrogens is 249 g/mol. The third-order valence-electron chi connectivity index (χ3n) is 3.05. The van der Waals surface area contributed by atoms with E-state index < -0.39 is 35.9 Å². The van der Waals surface area contributed by atoms with E-state index in [4.69, 9.17) is 10.5 Å². The largest absolute Gasteiger partial charge is 0.444 e. The maximum atomic E-state index is 12.9. The smallest absolute Gasteiger partial charge is 0.410 e. The SMILES string of the molecule is CC(C)(C)OC(=O)N1CC(N)C(C)(C(F)(F)F)C1. The van der Waals surface area contributed by atoms with Gasteiger partial charge in [-0.05, 0) is 27.7 Å². The number of carbonyl (C=O) groups is 1. The first-order chi connectivity index (χ1) is 7.87. The minimum absolute atomic E-state index is 0.148. The molecule has 7 heteroatoms. The van der Waals surface area contributed by atoms with Gasteiger partial charge in [-0.15, -0.1) is 0 Å². The minimum atomic E-state index is -4.44. The van der Waals surface area contributed by atoms with Crippen LogP contribution in [0.5, 0.6) is 0 Å². The molecule has 2 N–H and O–H groups in total. The third-order valence-corrected chi connectivity index (χ3v) is 3.05. The van der Waals surface area contributed by atoms with Crippen LogP contribution in [0, 0.1) is 5.41 Å². The summed E-state index contributed by atoms with van der Waals surface area (Å²) >= 11 is 0. The van der Waals surface area contributed by atoms with Crippen LogP contribution >= 0.6 is 0 Å². The van der Waals surface area contributed by atoms with Gasteiger partial charge in [-0.25, -0.2) is 4.79 Å². The molecule has 0 aromatic heterocycles. The molecule has 0 aliphatic carbocycles. The number of alkyl halides is 3. The van der Waals surface area contributed by atoms with E-state index >= 15 is 0 Å². The molecule has 106 valence electrons. The molecule has 0 spiro atoms. The first-order valence-corrected chi connectivity index (χ1v) is 5.67. The van der Waals surface area contributed by atoms with E-state index in [2.05, 4.69) is 0 Å². The summed E-state index contributed by atoms with van der Waals surface area (Å²) in [6.45, 7) is 5.39. The molecule has 0 aromatic carbocycles. The Morgan fingerprint density at radius 1 is 1.39 bits per heavy atom. The zero-order chi connectivity index (χ0) is 14.4. The Morgan fingerprint density at radius 3 is 2.22 bits per heavy atom. The third kappa shape index (κ3) is 2.88. The molecule has 1 fully saturated rings. The second-order valence-electron chi connectivity index (χ2n) is 5.88. The lowest BCUT2D eigenvalue weighted by Gasteiger charge is -2.30. The molecule has 0 saturated carbocycles. The Bertz CT molecular complexity index is 338. The zero-order valence-corrected chi connectivity index (χ0v) is 11.0. The molecule has 1 rings (SSSR count). The first kappa shape index (κ1) is 15.1. The van der Waals surface area contributed by atoms with Gasteiger partial charge in [-0.2, -0.15) is 13.2 Å². The predicted molar refractivity (Wildman–Crippen MR) is 59.9 cm³/mol. The highest BCUT2D eigenvalue weighted by Crippen LogP contribution is 2.44. The van der Waals surface area contributed by atoms with Gasteiger partial charge in [-0.1, -0.05) is 0 Å². The fourth-order valence-electron chi connectivity index (χ4n) is 1.78. The van der Waals surface area contributed by atoms with Gasteiger partial charge in [0.05, 0.1) is 5.41 Å². The van der Waals surface area contributed by atoms with Crippen molar-refractivity contribution in [1.29, 1.82) is 0 Å². The molecule has 1 aliphatic rings. The summed E-state index contributed by atoms with van der Waals surface area (Å²) in [5, 5.41) is 0. The van der Waals surface area contributed by atoms with E-state index in [9.17, 15) is 18.0 Å². The summed E-state index contributed by atoms with van der Waals surface area (Å²) in [4.78, 5) is 12.7. The van der Waals surface area contributed by atoms with Crippen molar-refractivity contribution in [2.24, 2.45) is 11.1 Å². The van der Waals surface area contributed by atoms with Crippen LogP contribution in [-0.4, -0.2) is 41.9 Å². The monoisotopic (exact) mass is 268 g/mol. The average molecular weight is 268 g/mol.